The number of nitrogens with zero attached hydrogens (tertiary/aromatic N) is 1. The Morgan fingerprint density at radius 2 is 2.00 bits per heavy atom. The number of likely N-dealkylation sites (N-methyl/N-ethyl adjacent to an activating group) is 1. The van der Waals surface area contributed by atoms with Crippen LogP contribution >= 0.6 is 0 Å². The first kappa shape index (κ1) is 14.0. The highest BCUT2D eigenvalue weighted by Crippen LogP contribution is 2.16. The van der Waals surface area contributed by atoms with Crippen molar-refractivity contribution in [1.29, 1.82) is 0 Å². The van der Waals surface area contributed by atoms with Gasteiger partial charge >= 0.3 is 12.1 Å². The summed E-state index contributed by atoms with van der Waals surface area (Å²) in [5, 5.41) is 0. The lowest BCUT2D eigenvalue weighted by molar-refractivity contribution is -0.145. The average Bonchev–Trinajstić information content (AvgIpc) is 2.00. The summed E-state index contributed by atoms with van der Waals surface area (Å²) < 4.78 is 40.3. The molecule has 3 nitrogen and oxygen atoms in total. The first-order valence-corrected chi connectivity index (χ1v) is 4.36. The number of halogens is 3. The van der Waals surface area contributed by atoms with E-state index in [0.717, 1.165) is 4.90 Å². The molecule has 0 aromatic carbocycles. The highest BCUT2D eigenvalue weighted by Gasteiger charge is 2.29. The number of hydrogen-bond acceptors (Lipinski definition) is 3. The molecule has 88 valence electrons. The Morgan fingerprint density at radius 3 is 2.40 bits per heavy atom. The first-order chi connectivity index (χ1) is 6.76. The highest BCUT2D eigenvalue weighted by molar-refractivity contribution is 5.88. The maximum absolute atomic E-state index is 11.9. The predicted molar refractivity (Wildman–Crippen MR) is 49.3 cm³/mol. The van der Waals surface area contributed by atoms with Gasteiger partial charge in [-0.1, -0.05) is 6.58 Å². The predicted octanol–water partition coefficient (Wildman–Crippen LogP) is 1.60. The molecule has 0 fully saturated rings. The number of ether oxygens (including phenoxy) is 1. The zero-order valence-electron chi connectivity index (χ0n) is 8.73. The highest BCUT2D eigenvalue weighted by atomic mass is 19.4. The van der Waals surface area contributed by atoms with E-state index in [1.54, 1.807) is 6.92 Å². The van der Waals surface area contributed by atoms with Crippen LogP contribution in [-0.4, -0.2) is 43.8 Å². The van der Waals surface area contributed by atoms with E-state index in [1.165, 1.54) is 7.05 Å². The Kier molecular flexibility index (Phi) is 5.35. The van der Waals surface area contributed by atoms with E-state index in [-0.39, 0.29) is 18.7 Å². The normalized spacial score (nSPS) is 11.6. The van der Waals surface area contributed by atoms with E-state index in [2.05, 4.69) is 11.3 Å². The number of carbonyl (C=O) groups excluding carboxylic acids is 1. The van der Waals surface area contributed by atoms with Crippen molar-refractivity contribution in [2.75, 3.05) is 26.7 Å². The Balaban J connectivity index is 4.02. The van der Waals surface area contributed by atoms with Crippen LogP contribution in [0.5, 0.6) is 0 Å². The number of hydrogen-bond donors (Lipinski definition) is 0. The van der Waals surface area contributed by atoms with Crippen LogP contribution in [0.3, 0.4) is 0 Å². The summed E-state index contributed by atoms with van der Waals surface area (Å²) in [7, 11) is 1.26. The number of alkyl halides is 3. The van der Waals surface area contributed by atoms with Crippen molar-refractivity contribution < 1.29 is 22.7 Å². The molecular formula is C9H14F3NO2. The Labute approximate surface area is 86.5 Å². The summed E-state index contributed by atoms with van der Waals surface area (Å²) in [6, 6.07) is 0. The van der Waals surface area contributed by atoms with Gasteiger partial charge in [0.25, 0.3) is 0 Å². The average molecular weight is 225 g/mol. The van der Waals surface area contributed by atoms with Crippen LogP contribution in [0.25, 0.3) is 0 Å². The maximum Gasteiger partial charge on any atom is 0.401 e. The molecule has 0 aliphatic carbocycles. The maximum atomic E-state index is 11.9. The fourth-order valence-electron chi connectivity index (χ4n) is 0.985. The lowest BCUT2D eigenvalue weighted by Crippen LogP contribution is -2.33. The summed E-state index contributed by atoms with van der Waals surface area (Å²) in [5.41, 5.74) is 0.0172. The number of rotatable bonds is 5. The zero-order chi connectivity index (χ0) is 12.1. The summed E-state index contributed by atoms with van der Waals surface area (Å²) in [6.07, 6.45) is -4.27. The Morgan fingerprint density at radius 1 is 1.47 bits per heavy atom. The van der Waals surface area contributed by atoms with E-state index >= 15 is 0 Å². The second kappa shape index (κ2) is 5.75. The quantitative estimate of drug-likeness (QED) is 0.525. The van der Waals surface area contributed by atoms with E-state index < -0.39 is 18.7 Å². The summed E-state index contributed by atoms with van der Waals surface area (Å²) >= 11 is 0. The lowest BCUT2D eigenvalue weighted by Gasteiger charge is -2.18. The number of carbonyl (C=O) groups is 1. The van der Waals surface area contributed by atoms with Gasteiger partial charge < -0.3 is 4.74 Å². The fraction of sp³-hybridized carbons (Fsp3) is 0.667. The third-order valence-electron chi connectivity index (χ3n) is 1.47. The topological polar surface area (TPSA) is 29.5 Å². The molecule has 0 aliphatic heterocycles. The minimum absolute atomic E-state index is 0.0172. The molecule has 6 heteroatoms. The first-order valence-electron chi connectivity index (χ1n) is 4.36. The van der Waals surface area contributed by atoms with Gasteiger partial charge in [0.2, 0.25) is 0 Å². The largest absolute Gasteiger partial charge is 0.463 e. The smallest absolute Gasteiger partial charge is 0.401 e. The van der Waals surface area contributed by atoms with Gasteiger partial charge in [0, 0.05) is 12.1 Å². The molecule has 0 radical (unpaired) electrons. The molecule has 0 saturated heterocycles. The Bertz CT molecular complexity index is 238. The molecule has 0 aromatic rings. The molecule has 0 spiro atoms. The SMILES string of the molecule is C=C(CN(C)CC(F)(F)F)C(=O)OCC. The van der Waals surface area contributed by atoms with Gasteiger partial charge in [0.15, 0.2) is 0 Å². The summed E-state index contributed by atoms with van der Waals surface area (Å²) in [6.45, 7) is 3.92. The second-order valence-corrected chi connectivity index (χ2v) is 3.11. The van der Waals surface area contributed by atoms with Crippen LogP contribution in [-0.2, 0) is 9.53 Å². The van der Waals surface area contributed by atoms with Gasteiger partial charge in [-0.3, -0.25) is 4.90 Å². The molecular weight excluding hydrogens is 211 g/mol. The monoisotopic (exact) mass is 225 g/mol. The van der Waals surface area contributed by atoms with Crippen LogP contribution in [0.2, 0.25) is 0 Å². The minimum Gasteiger partial charge on any atom is -0.463 e. The van der Waals surface area contributed by atoms with Crippen molar-refractivity contribution >= 4 is 5.97 Å². The molecule has 0 aromatic heterocycles. The van der Waals surface area contributed by atoms with Gasteiger partial charge in [-0.05, 0) is 14.0 Å². The van der Waals surface area contributed by atoms with E-state index in [1.807, 2.05) is 0 Å². The van der Waals surface area contributed by atoms with Crippen LogP contribution in [0.1, 0.15) is 6.92 Å². The standard InChI is InChI=1S/C9H14F3NO2/c1-4-15-8(14)7(2)5-13(3)6-9(10,11)12/h2,4-6H2,1,3H3. The lowest BCUT2D eigenvalue weighted by atomic mass is 10.3. The van der Waals surface area contributed by atoms with Gasteiger partial charge in [-0.15, -0.1) is 0 Å². The van der Waals surface area contributed by atoms with E-state index in [9.17, 15) is 18.0 Å². The van der Waals surface area contributed by atoms with Crippen LogP contribution < -0.4 is 0 Å². The van der Waals surface area contributed by atoms with Crippen molar-refractivity contribution in [3.05, 3.63) is 12.2 Å². The molecule has 0 amide bonds. The van der Waals surface area contributed by atoms with Crippen LogP contribution in [0, 0.1) is 0 Å². The van der Waals surface area contributed by atoms with Gasteiger partial charge in [0.1, 0.15) is 0 Å². The molecule has 0 heterocycles. The zero-order valence-corrected chi connectivity index (χ0v) is 8.73. The van der Waals surface area contributed by atoms with Crippen molar-refractivity contribution in [2.45, 2.75) is 13.1 Å². The molecule has 0 unspecified atom stereocenters. The molecule has 15 heavy (non-hydrogen) atoms. The van der Waals surface area contributed by atoms with Crippen molar-refractivity contribution in [1.82, 2.24) is 4.90 Å². The van der Waals surface area contributed by atoms with Crippen molar-refractivity contribution in [3.8, 4) is 0 Å². The van der Waals surface area contributed by atoms with E-state index in [4.69, 9.17) is 0 Å². The van der Waals surface area contributed by atoms with Crippen LogP contribution in [0.4, 0.5) is 13.2 Å². The molecule has 0 rings (SSSR count). The van der Waals surface area contributed by atoms with Crippen LogP contribution in [0.15, 0.2) is 12.2 Å². The third-order valence-corrected chi connectivity index (χ3v) is 1.47. The van der Waals surface area contributed by atoms with Crippen molar-refractivity contribution in [3.63, 3.8) is 0 Å². The second-order valence-electron chi connectivity index (χ2n) is 3.11. The van der Waals surface area contributed by atoms with Gasteiger partial charge in [-0.2, -0.15) is 13.2 Å². The van der Waals surface area contributed by atoms with Crippen molar-refractivity contribution in [2.24, 2.45) is 0 Å². The molecule has 0 bridgehead atoms. The van der Waals surface area contributed by atoms with Gasteiger partial charge in [0.05, 0.1) is 13.2 Å². The summed E-state index contributed by atoms with van der Waals surface area (Å²) in [5.74, 6) is -0.661. The molecule has 0 aliphatic rings. The Hall–Kier alpha value is -1.04. The molecule has 0 atom stereocenters. The molecule has 0 N–H and O–H groups in total. The van der Waals surface area contributed by atoms with E-state index in [0.29, 0.717) is 0 Å². The summed E-state index contributed by atoms with van der Waals surface area (Å²) in [4.78, 5) is 12.0. The number of esters is 1. The minimum atomic E-state index is -4.27. The third kappa shape index (κ3) is 6.96. The fourth-order valence-corrected chi connectivity index (χ4v) is 0.985. The molecule has 0 saturated carbocycles. The van der Waals surface area contributed by atoms with Gasteiger partial charge in [-0.25, -0.2) is 4.79 Å².